The van der Waals surface area contributed by atoms with E-state index in [0.29, 0.717) is 6.42 Å². The summed E-state index contributed by atoms with van der Waals surface area (Å²) in [4.78, 5) is 10.0. The zero-order chi connectivity index (χ0) is 10.6. The quantitative estimate of drug-likeness (QED) is 0.466. The molecule has 0 spiro atoms. The summed E-state index contributed by atoms with van der Waals surface area (Å²) >= 11 is 0. The Balaban J connectivity index is 0. The molecule has 0 atom stereocenters. The Morgan fingerprint density at radius 1 is 1.07 bits per heavy atom. The second-order valence-electron chi connectivity index (χ2n) is 4.30. The van der Waals surface area contributed by atoms with Gasteiger partial charge < -0.3 is 10.1 Å². The Kier molecular flexibility index (Phi) is 16.1. The van der Waals surface area contributed by atoms with E-state index in [1.54, 1.807) is 0 Å². The molecule has 0 aliphatic carbocycles. The average molecular weight is 236 g/mol. The summed E-state index contributed by atoms with van der Waals surface area (Å²) in [7, 11) is 0. The first-order chi connectivity index (χ1) is 6.77. The largest absolute Gasteiger partial charge is 0.316 e. The van der Waals surface area contributed by atoms with Crippen molar-refractivity contribution in [3.05, 3.63) is 0 Å². The van der Waals surface area contributed by atoms with Gasteiger partial charge in [-0.25, -0.2) is 0 Å². The Morgan fingerprint density at radius 2 is 1.73 bits per heavy atom. The van der Waals surface area contributed by atoms with Crippen LogP contribution in [0.25, 0.3) is 0 Å². The highest BCUT2D eigenvalue weighted by Crippen LogP contribution is 2.08. The first-order valence-electron chi connectivity index (χ1n) is 5.91. The van der Waals surface area contributed by atoms with Gasteiger partial charge in [-0.1, -0.05) is 39.5 Å². The van der Waals surface area contributed by atoms with E-state index in [0.717, 1.165) is 25.3 Å². The molecule has 15 heavy (non-hydrogen) atoms. The van der Waals surface area contributed by atoms with Crippen LogP contribution in [0.3, 0.4) is 0 Å². The van der Waals surface area contributed by atoms with Gasteiger partial charge in [0, 0.05) is 13.0 Å². The lowest BCUT2D eigenvalue weighted by molar-refractivity contribution is -0.107. The lowest BCUT2D eigenvalue weighted by atomic mass is 10.0. The third kappa shape index (κ3) is 16.6. The van der Waals surface area contributed by atoms with Crippen LogP contribution in [-0.4, -0.2) is 19.4 Å². The van der Waals surface area contributed by atoms with E-state index >= 15 is 0 Å². The molecule has 0 aliphatic rings. The minimum atomic E-state index is 0. The molecule has 0 fully saturated rings. The normalized spacial score (nSPS) is 10.1. The first kappa shape index (κ1) is 17.3. The van der Waals surface area contributed by atoms with Crippen LogP contribution in [0.5, 0.6) is 0 Å². The van der Waals surface area contributed by atoms with Crippen LogP contribution < -0.4 is 5.32 Å². The molecule has 0 amide bonds. The van der Waals surface area contributed by atoms with Crippen LogP contribution in [0.1, 0.15) is 52.4 Å². The molecule has 0 aliphatic heterocycles. The summed E-state index contributed by atoms with van der Waals surface area (Å²) in [5.74, 6) is 0.848. The first-order valence-corrected chi connectivity index (χ1v) is 5.91. The fourth-order valence-electron chi connectivity index (χ4n) is 1.44. The maximum Gasteiger partial charge on any atom is 0.121 e. The van der Waals surface area contributed by atoms with Crippen molar-refractivity contribution in [2.45, 2.75) is 52.4 Å². The van der Waals surface area contributed by atoms with Crippen molar-refractivity contribution in [3.63, 3.8) is 0 Å². The molecule has 3 heteroatoms. The Labute approximate surface area is 101 Å². The third-order valence-corrected chi connectivity index (χ3v) is 2.32. The number of carbonyl (C=O) groups excluding carboxylic acids is 1. The van der Waals surface area contributed by atoms with E-state index in [9.17, 15) is 4.79 Å². The zero-order valence-corrected chi connectivity index (χ0v) is 10.9. The maximum absolute atomic E-state index is 10.0. The van der Waals surface area contributed by atoms with Crippen LogP contribution in [-0.2, 0) is 4.79 Å². The molecule has 0 heterocycles. The van der Waals surface area contributed by atoms with Crippen molar-refractivity contribution < 1.29 is 4.79 Å². The standard InChI is InChI=1S/C12H25NO.ClH/c1-12(2)8-5-3-4-6-9-13-10-7-11-14;/h11-13H,3-10H2,1-2H3;1H. The number of aldehydes is 1. The molecule has 92 valence electrons. The molecular formula is C12H26ClNO. The summed E-state index contributed by atoms with van der Waals surface area (Å²) in [5, 5.41) is 3.25. The summed E-state index contributed by atoms with van der Waals surface area (Å²) in [6, 6.07) is 0. The number of carbonyl (C=O) groups is 1. The predicted octanol–water partition coefficient (Wildman–Crippen LogP) is 3.19. The molecule has 0 bridgehead atoms. The van der Waals surface area contributed by atoms with Gasteiger partial charge in [-0.05, 0) is 18.9 Å². The van der Waals surface area contributed by atoms with E-state index < -0.39 is 0 Å². The molecule has 0 aromatic heterocycles. The molecule has 0 aromatic rings. The van der Waals surface area contributed by atoms with Crippen LogP contribution in [0.15, 0.2) is 0 Å². The van der Waals surface area contributed by atoms with Gasteiger partial charge in [0.05, 0.1) is 0 Å². The van der Waals surface area contributed by atoms with Crippen molar-refractivity contribution in [1.82, 2.24) is 5.32 Å². The topological polar surface area (TPSA) is 29.1 Å². The summed E-state index contributed by atoms with van der Waals surface area (Å²) in [5.41, 5.74) is 0. The lowest BCUT2D eigenvalue weighted by Gasteiger charge is -2.04. The lowest BCUT2D eigenvalue weighted by Crippen LogP contribution is -2.16. The molecule has 0 radical (unpaired) electrons. The summed E-state index contributed by atoms with van der Waals surface area (Å²) in [6.07, 6.45) is 8.26. The molecule has 0 rings (SSSR count). The Bertz CT molecular complexity index is 129. The van der Waals surface area contributed by atoms with Crippen LogP contribution in [0.2, 0.25) is 0 Å². The second kappa shape index (κ2) is 13.9. The number of halogens is 1. The molecule has 1 N–H and O–H groups in total. The van der Waals surface area contributed by atoms with Gasteiger partial charge in [0.1, 0.15) is 6.29 Å². The van der Waals surface area contributed by atoms with Crippen molar-refractivity contribution in [2.24, 2.45) is 5.92 Å². The molecule has 0 unspecified atom stereocenters. The van der Waals surface area contributed by atoms with E-state index in [1.165, 1.54) is 32.1 Å². The fraction of sp³-hybridized carbons (Fsp3) is 0.917. The van der Waals surface area contributed by atoms with Gasteiger partial charge in [0.15, 0.2) is 0 Å². The highest BCUT2D eigenvalue weighted by Gasteiger charge is 1.94. The molecular weight excluding hydrogens is 210 g/mol. The van der Waals surface area contributed by atoms with E-state index in [4.69, 9.17) is 0 Å². The van der Waals surface area contributed by atoms with Crippen LogP contribution >= 0.6 is 12.4 Å². The molecule has 0 saturated heterocycles. The van der Waals surface area contributed by atoms with Gasteiger partial charge in [0.2, 0.25) is 0 Å². The van der Waals surface area contributed by atoms with Gasteiger partial charge in [-0.2, -0.15) is 0 Å². The number of hydrogen-bond acceptors (Lipinski definition) is 2. The number of nitrogens with one attached hydrogen (secondary N) is 1. The number of rotatable bonds is 10. The van der Waals surface area contributed by atoms with Crippen LogP contribution in [0.4, 0.5) is 0 Å². The minimum Gasteiger partial charge on any atom is -0.316 e. The average Bonchev–Trinajstić information content (AvgIpc) is 2.15. The van der Waals surface area contributed by atoms with Gasteiger partial charge in [-0.15, -0.1) is 12.4 Å². The number of unbranched alkanes of at least 4 members (excludes halogenated alkanes) is 3. The van der Waals surface area contributed by atoms with Gasteiger partial charge >= 0.3 is 0 Å². The maximum atomic E-state index is 10.0. The summed E-state index contributed by atoms with van der Waals surface area (Å²) < 4.78 is 0. The predicted molar refractivity (Wildman–Crippen MR) is 68.7 cm³/mol. The van der Waals surface area contributed by atoms with Gasteiger partial charge in [0.25, 0.3) is 0 Å². The Hall–Kier alpha value is -0.0800. The van der Waals surface area contributed by atoms with Crippen molar-refractivity contribution >= 4 is 18.7 Å². The molecule has 0 saturated carbocycles. The second-order valence-corrected chi connectivity index (χ2v) is 4.30. The van der Waals surface area contributed by atoms with Crippen molar-refractivity contribution in [1.29, 1.82) is 0 Å². The Morgan fingerprint density at radius 3 is 2.33 bits per heavy atom. The van der Waals surface area contributed by atoms with E-state index in [2.05, 4.69) is 19.2 Å². The molecule has 0 aromatic carbocycles. The third-order valence-electron chi connectivity index (χ3n) is 2.32. The highest BCUT2D eigenvalue weighted by atomic mass is 35.5. The fourth-order valence-corrected chi connectivity index (χ4v) is 1.44. The van der Waals surface area contributed by atoms with E-state index in [1.807, 2.05) is 0 Å². The van der Waals surface area contributed by atoms with Gasteiger partial charge in [-0.3, -0.25) is 0 Å². The summed E-state index contributed by atoms with van der Waals surface area (Å²) in [6.45, 7) is 6.47. The molecule has 2 nitrogen and oxygen atoms in total. The van der Waals surface area contributed by atoms with Crippen molar-refractivity contribution in [2.75, 3.05) is 13.1 Å². The van der Waals surface area contributed by atoms with Crippen molar-refractivity contribution in [3.8, 4) is 0 Å². The highest BCUT2D eigenvalue weighted by molar-refractivity contribution is 5.85. The smallest absolute Gasteiger partial charge is 0.121 e. The minimum absolute atomic E-state index is 0. The number of hydrogen-bond donors (Lipinski definition) is 1. The SMILES string of the molecule is CC(C)CCCCCCNCCC=O.Cl. The monoisotopic (exact) mass is 235 g/mol. The van der Waals surface area contributed by atoms with Crippen LogP contribution in [0, 0.1) is 5.92 Å². The van der Waals surface area contributed by atoms with E-state index in [-0.39, 0.29) is 12.4 Å². The zero-order valence-electron chi connectivity index (χ0n) is 10.1.